The van der Waals surface area contributed by atoms with Crippen molar-refractivity contribution < 1.29 is 36.9 Å². The van der Waals surface area contributed by atoms with E-state index in [1.165, 1.54) is 29.6 Å². The Morgan fingerprint density at radius 2 is 0.864 bits per heavy atom. The van der Waals surface area contributed by atoms with Crippen molar-refractivity contribution in [2.45, 2.75) is 82.1 Å². The van der Waals surface area contributed by atoms with Crippen molar-refractivity contribution in [2.75, 3.05) is 0 Å². The smallest absolute Gasteiger partial charge is 0 e. The van der Waals surface area contributed by atoms with Crippen molar-refractivity contribution in [1.82, 2.24) is 0 Å². The molecular formula is C21H40Lu. The summed E-state index contributed by atoms with van der Waals surface area (Å²) in [5.74, 6) is 2.17. The van der Waals surface area contributed by atoms with E-state index in [1.54, 1.807) is 0 Å². The van der Waals surface area contributed by atoms with Gasteiger partial charge in [0.15, 0.2) is 0 Å². The standard InChI is InChI=1S/C14H26.C7H14.Lu/c1-11(2)9-13(5)7-8-14(6)10-12(3)4;1-6(2)5-7(3)4;/h9-10,13-14H,7-8H2,1-6H3;5-6H,1-4H3;. The molecule has 0 saturated heterocycles. The number of hydrogen-bond acceptors (Lipinski definition) is 0. The van der Waals surface area contributed by atoms with Crippen LogP contribution < -0.4 is 0 Å². The average molecular weight is 468 g/mol. The van der Waals surface area contributed by atoms with Gasteiger partial charge in [0.1, 0.15) is 0 Å². The van der Waals surface area contributed by atoms with E-state index in [4.69, 9.17) is 0 Å². The summed E-state index contributed by atoms with van der Waals surface area (Å²) >= 11 is 0. The summed E-state index contributed by atoms with van der Waals surface area (Å²) < 4.78 is 0. The molecule has 0 aliphatic heterocycles. The van der Waals surface area contributed by atoms with Gasteiger partial charge in [-0.25, -0.2) is 0 Å². The van der Waals surface area contributed by atoms with Crippen molar-refractivity contribution in [2.24, 2.45) is 17.8 Å². The molecule has 0 aliphatic carbocycles. The summed E-state index contributed by atoms with van der Waals surface area (Å²) in [6.45, 7) is 21.9. The first-order valence-corrected chi connectivity index (χ1v) is 8.49. The molecule has 0 saturated carbocycles. The topological polar surface area (TPSA) is 0 Å². The van der Waals surface area contributed by atoms with Crippen molar-refractivity contribution >= 4 is 0 Å². The fourth-order valence-electron chi connectivity index (χ4n) is 2.50. The molecule has 22 heavy (non-hydrogen) atoms. The molecule has 0 aromatic rings. The van der Waals surface area contributed by atoms with Gasteiger partial charge in [0.05, 0.1) is 0 Å². The minimum Gasteiger partial charge on any atom is -0.0833 e. The molecule has 2 unspecified atom stereocenters. The van der Waals surface area contributed by atoms with E-state index in [1.807, 2.05) is 0 Å². The summed E-state index contributed by atoms with van der Waals surface area (Å²) in [6, 6.07) is 0. The van der Waals surface area contributed by atoms with E-state index < -0.39 is 0 Å². The van der Waals surface area contributed by atoms with Crippen LogP contribution in [-0.4, -0.2) is 0 Å². The zero-order valence-corrected chi connectivity index (χ0v) is 18.3. The third kappa shape index (κ3) is 25.4. The molecule has 0 fully saturated rings. The second-order valence-corrected chi connectivity index (χ2v) is 7.51. The molecule has 0 amide bonds. The minimum atomic E-state index is 0. The van der Waals surface area contributed by atoms with Gasteiger partial charge in [-0.3, -0.25) is 0 Å². The van der Waals surface area contributed by atoms with Gasteiger partial charge >= 0.3 is 0 Å². The predicted molar refractivity (Wildman–Crippen MR) is 101 cm³/mol. The third-order valence-corrected chi connectivity index (χ3v) is 2.98. The first kappa shape index (κ1) is 27.3. The van der Waals surface area contributed by atoms with Crippen LogP contribution in [0.25, 0.3) is 0 Å². The van der Waals surface area contributed by atoms with Gasteiger partial charge in [0.2, 0.25) is 0 Å². The number of allylic oxidation sites excluding steroid dienone is 6. The third-order valence-electron chi connectivity index (χ3n) is 2.98. The zero-order chi connectivity index (χ0) is 17.0. The average Bonchev–Trinajstić information content (AvgIpc) is 2.23. The van der Waals surface area contributed by atoms with Gasteiger partial charge in [0, 0.05) is 36.9 Å². The van der Waals surface area contributed by atoms with Crippen molar-refractivity contribution in [3.63, 3.8) is 0 Å². The van der Waals surface area contributed by atoms with E-state index in [9.17, 15) is 0 Å². The molecule has 0 rings (SSSR count). The van der Waals surface area contributed by atoms with Crippen LogP contribution in [0, 0.1) is 54.6 Å². The van der Waals surface area contributed by atoms with Gasteiger partial charge < -0.3 is 0 Å². The second kappa shape index (κ2) is 16.3. The van der Waals surface area contributed by atoms with Crippen molar-refractivity contribution in [3.8, 4) is 0 Å². The van der Waals surface area contributed by atoms with Crippen LogP contribution in [0.3, 0.4) is 0 Å². The molecule has 139 valence electrons. The molecule has 0 aromatic heterocycles. The fraction of sp³-hybridized carbons (Fsp3) is 0.714. The Morgan fingerprint density at radius 1 is 0.591 bits per heavy atom. The van der Waals surface area contributed by atoms with Gasteiger partial charge in [0.25, 0.3) is 0 Å². The Kier molecular flexibility index (Phi) is 20.3. The molecule has 0 aliphatic rings. The zero-order valence-electron chi connectivity index (χ0n) is 16.6. The normalized spacial score (nSPS) is 12.1. The number of hydrogen-bond donors (Lipinski definition) is 0. The van der Waals surface area contributed by atoms with Crippen LogP contribution in [0.4, 0.5) is 0 Å². The van der Waals surface area contributed by atoms with Gasteiger partial charge in [-0.2, -0.15) is 0 Å². The summed E-state index contributed by atoms with van der Waals surface area (Å²) in [7, 11) is 0. The summed E-state index contributed by atoms with van der Waals surface area (Å²) in [5, 5.41) is 0. The molecule has 0 nitrogen and oxygen atoms in total. The first-order chi connectivity index (χ1) is 9.54. The fourth-order valence-corrected chi connectivity index (χ4v) is 2.50. The molecule has 0 spiro atoms. The Bertz CT molecular complexity index is 309. The summed E-state index contributed by atoms with van der Waals surface area (Å²) in [5.41, 5.74) is 4.29. The molecule has 0 aromatic carbocycles. The van der Waals surface area contributed by atoms with Crippen molar-refractivity contribution in [1.29, 1.82) is 0 Å². The molecule has 1 radical (unpaired) electrons. The quantitative estimate of drug-likeness (QED) is 0.353. The van der Waals surface area contributed by atoms with E-state index in [0.29, 0.717) is 5.92 Å². The van der Waals surface area contributed by atoms with E-state index in [-0.39, 0.29) is 36.9 Å². The van der Waals surface area contributed by atoms with Crippen LogP contribution in [-0.2, 0) is 0 Å². The minimum absolute atomic E-state index is 0. The van der Waals surface area contributed by atoms with Crippen molar-refractivity contribution in [3.05, 3.63) is 34.9 Å². The Hall–Kier alpha value is 0.454. The second-order valence-electron chi connectivity index (χ2n) is 7.51. The maximum absolute atomic E-state index is 2.37. The van der Waals surface area contributed by atoms with Crippen LogP contribution in [0.1, 0.15) is 82.1 Å². The summed E-state index contributed by atoms with van der Waals surface area (Å²) in [6.07, 6.45) is 9.59. The molecule has 0 N–H and O–H groups in total. The largest absolute Gasteiger partial charge is 0.0833 e. The molecule has 0 bridgehead atoms. The van der Waals surface area contributed by atoms with Crippen LogP contribution in [0.15, 0.2) is 34.9 Å². The van der Waals surface area contributed by atoms with E-state index in [0.717, 1.165) is 11.8 Å². The van der Waals surface area contributed by atoms with Gasteiger partial charge in [-0.05, 0) is 72.1 Å². The first-order valence-electron chi connectivity index (χ1n) is 8.49. The molecule has 0 heterocycles. The van der Waals surface area contributed by atoms with E-state index >= 15 is 0 Å². The van der Waals surface area contributed by atoms with Gasteiger partial charge in [-0.1, -0.05) is 62.6 Å². The maximum Gasteiger partial charge on any atom is 0 e. The molecule has 2 atom stereocenters. The van der Waals surface area contributed by atoms with Crippen LogP contribution in [0.2, 0.25) is 0 Å². The number of rotatable bonds is 6. The SMILES string of the molecule is CC(C)=CC(C)C.CC(C)=CC(C)CCC(C)C=C(C)C.[Lu]. The molecule has 1 heteroatoms. The predicted octanol–water partition coefficient (Wildman–Crippen LogP) is 7.58. The Balaban J connectivity index is -0.000000385. The maximum atomic E-state index is 2.37. The Morgan fingerprint density at radius 3 is 1.00 bits per heavy atom. The monoisotopic (exact) mass is 467 g/mol. The summed E-state index contributed by atoms with van der Waals surface area (Å²) in [4.78, 5) is 0. The van der Waals surface area contributed by atoms with Crippen LogP contribution in [0.5, 0.6) is 0 Å². The van der Waals surface area contributed by atoms with E-state index in [2.05, 4.69) is 87.5 Å². The van der Waals surface area contributed by atoms with Crippen LogP contribution >= 0.6 is 0 Å². The van der Waals surface area contributed by atoms with Gasteiger partial charge in [-0.15, -0.1) is 0 Å². The Labute approximate surface area is 170 Å². The molecular weight excluding hydrogens is 427 g/mol.